The second-order valence-electron chi connectivity index (χ2n) is 7.50. The maximum absolute atomic E-state index is 12.6. The van der Waals surface area contributed by atoms with Gasteiger partial charge in [0.1, 0.15) is 5.60 Å². The van der Waals surface area contributed by atoms with Crippen molar-refractivity contribution < 1.29 is 19.8 Å². The minimum absolute atomic E-state index is 0.0782. The summed E-state index contributed by atoms with van der Waals surface area (Å²) in [4.78, 5) is 28.0. The number of alkyl carbamates (subject to hydrolysis) is 1. The van der Waals surface area contributed by atoms with Crippen LogP contribution in [0.25, 0.3) is 0 Å². The molecule has 0 bridgehead atoms. The Morgan fingerprint density at radius 3 is 2.40 bits per heavy atom. The van der Waals surface area contributed by atoms with E-state index in [2.05, 4.69) is 15.6 Å². The molecule has 1 aromatic heterocycles. The summed E-state index contributed by atoms with van der Waals surface area (Å²) >= 11 is 0. The standard InChI is InChI=1S/C19H29N3O3/c1-13(21-18(24)25-19(2,3)4)14-5-7-15(8-6-14)17(23)22-16-9-11-20-12-10-16/h9-15H,5-8H2,1-4H3,(H,21,24)(H,20,22,23)/t13-,14?,15?/m1/s1/i9D,10D,11D,12D. The SMILES string of the molecule is [2H]c1nc([2H])c([2H])c(NC(=O)C2CCC([C@@H](C)NC(=O)OC(C)(C)C)CC2)c1[2H]. The first kappa shape index (κ1) is 14.1. The number of carbonyl (C=O) groups excluding carboxylic acids is 2. The van der Waals surface area contributed by atoms with Crippen molar-refractivity contribution in [3.63, 3.8) is 0 Å². The third-order valence-electron chi connectivity index (χ3n) is 4.32. The number of nitrogens with one attached hydrogen (secondary N) is 2. The summed E-state index contributed by atoms with van der Waals surface area (Å²) in [7, 11) is 0. The molecule has 0 unspecified atom stereocenters. The first-order valence-corrected chi connectivity index (χ1v) is 8.63. The van der Waals surface area contributed by atoms with Gasteiger partial charge in [-0.2, -0.15) is 0 Å². The quantitative estimate of drug-likeness (QED) is 0.866. The van der Waals surface area contributed by atoms with Crippen molar-refractivity contribution in [1.29, 1.82) is 0 Å². The van der Waals surface area contributed by atoms with Gasteiger partial charge in [-0.05, 0) is 71.4 Å². The largest absolute Gasteiger partial charge is 0.444 e. The van der Waals surface area contributed by atoms with Crippen LogP contribution in [-0.2, 0) is 9.53 Å². The molecule has 1 atom stereocenters. The summed E-state index contributed by atoms with van der Waals surface area (Å²) in [6.45, 7) is 7.35. The van der Waals surface area contributed by atoms with Crippen LogP contribution in [0.1, 0.15) is 58.9 Å². The highest BCUT2D eigenvalue weighted by molar-refractivity contribution is 5.92. The Bertz CT molecular complexity index is 749. The van der Waals surface area contributed by atoms with E-state index in [1.165, 1.54) is 0 Å². The number of amides is 2. The van der Waals surface area contributed by atoms with Crippen LogP contribution in [0.5, 0.6) is 0 Å². The van der Waals surface area contributed by atoms with Crippen LogP contribution in [-0.4, -0.2) is 28.6 Å². The van der Waals surface area contributed by atoms with Gasteiger partial charge < -0.3 is 15.4 Å². The molecular weight excluding hydrogens is 318 g/mol. The van der Waals surface area contributed by atoms with Gasteiger partial charge in [0.2, 0.25) is 5.91 Å². The lowest BCUT2D eigenvalue weighted by Gasteiger charge is -2.32. The molecule has 1 aliphatic carbocycles. The molecule has 2 amide bonds. The average Bonchev–Trinajstić information content (AvgIpc) is 2.62. The second kappa shape index (κ2) is 8.32. The van der Waals surface area contributed by atoms with E-state index in [9.17, 15) is 9.59 Å². The molecule has 6 nitrogen and oxygen atoms in total. The first-order chi connectivity index (χ1) is 13.4. The zero-order chi connectivity index (χ0) is 21.9. The molecule has 0 aliphatic heterocycles. The highest BCUT2D eigenvalue weighted by Crippen LogP contribution is 2.31. The number of nitrogens with zero attached hydrogens (tertiary/aromatic N) is 1. The highest BCUT2D eigenvalue weighted by atomic mass is 16.6. The predicted octanol–water partition coefficient (Wildman–Crippen LogP) is 3.74. The van der Waals surface area contributed by atoms with Gasteiger partial charge in [-0.15, -0.1) is 0 Å². The number of hydrogen-bond donors (Lipinski definition) is 2. The summed E-state index contributed by atoms with van der Waals surface area (Å²) in [5, 5.41) is 5.41. The van der Waals surface area contributed by atoms with Gasteiger partial charge in [0.05, 0.1) is 5.48 Å². The van der Waals surface area contributed by atoms with Crippen molar-refractivity contribution in [2.24, 2.45) is 11.8 Å². The minimum atomic E-state index is -0.558. The number of anilines is 1. The number of hydrogen-bond acceptors (Lipinski definition) is 4. The van der Waals surface area contributed by atoms with Crippen LogP contribution in [0, 0.1) is 11.8 Å². The van der Waals surface area contributed by atoms with Gasteiger partial charge in [0, 0.05) is 30.0 Å². The molecule has 0 aromatic carbocycles. The predicted molar refractivity (Wildman–Crippen MR) is 97.1 cm³/mol. The van der Waals surface area contributed by atoms with Gasteiger partial charge >= 0.3 is 6.09 Å². The van der Waals surface area contributed by atoms with Crippen LogP contribution in [0.4, 0.5) is 10.5 Å². The van der Waals surface area contributed by atoms with Crippen molar-refractivity contribution in [1.82, 2.24) is 10.3 Å². The number of pyridine rings is 1. The van der Waals surface area contributed by atoms with Crippen LogP contribution in [0.3, 0.4) is 0 Å². The second-order valence-corrected chi connectivity index (χ2v) is 7.50. The summed E-state index contributed by atoms with van der Waals surface area (Å²) in [5.74, 6) is -0.371. The molecule has 2 rings (SSSR count). The summed E-state index contributed by atoms with van der Waals surface area (Å²) < 4.78 is 36.1. The van der Waals surface area contributed by atoms with E-state index in [1.807, 2.05) is 27.7 Å². The molecule has 2 N–H and O–H groups in total. The molecule has 25 heavy (non-hydrogen) atoms. The van der Waals surface area contributed by atoms with E-state index in [0.29, 0.717) is 12.8 Å². The molecule has 0 spiro atoms. The molecule has 1 fully saturated rings. The van der Waals surface area contributed by atoms with Crippen LogP contribution >= 0.6 is 0 Å². The number of rotatable bonds is 4. The molecule has 138 valence electrons. The van der Waals surface area contributed by atoms with E-state index >= 15 is 0 Å². The molecule has 1 saturated carbocycles. The molecule has 1 heterocycles. The Morgan fingerprint density at radius 1 is 1.24 bits per heavy atom. The Kier molecular flexibility index (Phi) is 4.69. The van der Waals surface area contributed by atoms with Gasteiger partial charge in [0.15, 0.2) is 0 Å². The number of aromatic nitrogens is 1. The molecule has 1 aromatic rings. The lowest BCUT2D eigenvalue weighted by Crippen LogP contribution is -2.42. The Hall–Kier alpha value is -2.11. The third kappa shape index (κ3) is 6.36. The monoisotopic (exact) mass is 351 g/mol. The van der Waals surface area contributed by atoms with E-state index in [0.717, 1.165) is 12.8 Å². The Morgan fingerprint density at radius 2 is 1.84 bits per heavy atom. The van der Waals surface area contributed by atoms with Crippen molar-refractivity contribution in [3.8, 4) is 0 Å². The van der Waals surface area contributed by atoms with Gasteiger partial charge in [-0.3, -0.25) is 9.78 Å². The molecule has 0 saturated heterocycles. The van der Waals surface area contributed by atoms with E-state index in [-0.39, 0.29) is 41.6 Å². The van der Waals surface area contributed by atoms with Gasteiger partial charge in [-0.25, -0.2) is 4.79 Å². The fourth-order valence-corrected chi connectivity index (χ4v) is 3.01. The molecule has 6 heteroatoms. The van der Waals surface area contributed by atoms with Crippen LogP contribution < -0.4 is 10.6 Å². The van der Waals surface area contributed by atoms with Crippen molar-refractivity contribution in [2.75, 3.05) is 5.32 Å². The van der Waals surface area contributed by atoms with Crippen molar-refractivity contribution in [3.05, 3.63) is 24.4 Å². The topological polar surface area (TPSA) is 80.3 Å². The number of ether oxygens (including phenoxy) is 1. The fraction of sp³-hybridized carbons (Fsp3) is 0.632. The first-order valence-electron chi connectivity index (χ1n) is 10.6. The van der Waals surface area contributed by atoms with E-state index < -0.39 is 24.0 Å². The lowest BCUT2D eigenvalue weighted by molar-refractivity contribution is -0.121. The molecule has 0 radical (unpaired) electrons. The van der Waals surface area contributed by atoms with Crippen LogP contribution in [0.2, 0.25) is 0 Å². The zero-order valence-corrected chi connectivity index (χ0v) is 15.2. The molecule has 1 aliphatic rings. The van der Waals surface area contributed by atoms with Crippen molar-refractivity contribution in [2.45, 2.75) is 65.0 Å². The summed E-state index contributed by atoms with van der Waals surface area (Å²) in [5.41, 5.74) is -0.695. The van der Waals surface area contributed by atoms with E-state index in [4.69, 9.17) is 10.2 Å². The third-order valence-corrected chi connectivity index (χ3v) is 4.32. The smallest absolute Gasteiger partial charge is 0.407 e. The highest BCUT2D eigenvalue weighted by Gasteiger charge is 2.30. The Labute approximate surface area is 155 Å². The van der Waals surface area contributed by atoms with Gasteiger partial charge in [-0.1, -0.05) is 0 Å². The number of carbonyl (C=O) groups is 2. The van der Waals surface area contributed by atoms with Crippen LogP contribution in [0.15, 0.2) is 24.4 Å². The van der Waals surface area contributed by atoms with Gasteiger partial charge in [0.25, 0.3) is 0 Å². The Balaban J connectivity index is 1.91. The molecular formula is C19H29N3O3. The normalized spacial score (nSPS) is 24.2. The minimum Gasteiger partial charge on any atom is -0.444 e. The average molecular weight is 351 g/mol. The zero-order valence-electron chi connectivity index (χ0n) is 19.2. The lowest BCUT2D eigenvalue weighted by atomic mass is 9.78. The summed E-state index contributed by atoms with van der Waals surface area (Å²) in [6.07, 6.45) is 1.40. The van der Waals surface area contributed by atoms with E-state index in [1.54, 1.807) is 0 Å². The maximum Gasteiger partial charge on any atom is 0.407 e. The van der Waals surface area contributed by atoms with Crippen molar-refractivity contribution >= 4 is 17.7 Å². The fourth-order valence-electron chi connectivity index (χ4n) is 3.01. The maximum atomic E-state index is 12.6. The summed E-state index contributed by atoms with van der Waals surface area (Å²) in [6, 6.07) is -0.795.